The van der Waals surface area contributed by atoms with Crippen LogP contribution in [0.3, 0.4) is 0 Å². The summed E-state index contributed by atoms with van der Waals surface area (Å²) in [6.45, 7) is 0. The van der Waals surface area contributed by atoms with Gasteiger partial charge in [-0.05, 0) is 12.1 Å². The van der Waals surface area contributed by atoms with Crippen molar-refractivity contribution in [1.29, 1.82) is 0 Å². The number of oxime groups is 1. The Balaban J connectivity index is 3.36. The fourth-order valence-electron chi connectivity index (χ4n) is 0.884. The van der Waals surface area contributed by atoms with E-state index >= 15 is 0 Å². The van der Waals surface area contributed by atoms with E-state index in [0.29, 0.717) is 6.07 Å². The van der Waals surface area contributed by atoms with Gasteiger partial charge in [-0.1, -0.05) is 16.8 Å². The van der Waals surface area contributed by atoms with Crippen LogP contribution in [0.4, 0.5) is 10.1 Å². The summed E-state index contributed by atoms with van der Waals surface area (Å²) >= 11 is 5.37. The number of nitro benzene ring substituents is 1. The zero-order valence-electron chi connectivity index (χ0n) is 6.65. The van der Waals surface area contributed by atoms with Crippen LogP contribution in [0, 0.1) is 15.9 Å². The van der Waals surface area contributed by atoms with Crippen molar-refractivity contribution in [2.45, 2.75) is 0 Å². The van der Waals surface area contributed by atoms with Crippen molar-refractivity contribution in [2.24, 2.45) is 5.16 Å². The molecule has 0 atom stereocenters. The maximum absolute atomic E-state index is 12.6. The third kappa shape index (κ3) is 1.97. The van der Waals surface area contributed by atoms with Crippen LogP contribution >= 0.6 is 11.6 Å². The SMILES string of the molecule is O=[N+]([O-])c1cc(F)ccc1C(Cl)=NO. The first-order valence-corrected chi connectivity index (χ1v) is 3.76. The molecule has 0 fully saturated rings. The van der Waals surface area contributed by atoms with Crippen LogP contribution in [0.1, 0.15) is 5.56 Å². The van der Waals surface area contributed by atoms with E-state index in [1.165, 1.54) is 0 Å². The van der Waals surface area contributed by atoms with E-state index in [-0.39, 0.29) is 5.56 Å². The molecule has 14 heavy (non-hydrogen) atoms. The Morgan fingerprint density at radius 1 is 1.64 bits per heavy atom. The van der Waals surface area contributed by atoms with Gasteiger partial charge < -0.3 is 5.21 Å². The maximum atomic E-state index is 12.6. The Hall–Kier alpha value is -1.69. The predicted octanol–water partition coefficient (Wildman–Crippen LogP) is 2.11. The number of nitro groups is 1. The first kappa shape index (κ1) is 10.4. The van der Waals surface area contributed by atoms with Crippen molar-refractivity contribution in [3.8, 4) is 0 Å². The molecule has 0 bridgehead atoms. The Morgan fingerprint density at radius 3 is 2.79 bits per heavy atom. The fraction of sp³-hybridized carbons (Fsp3) is 0. The van der Waals surface area contributed by atoms with Gasteiger partial charge in [-0.15, -0.1) is 0 Å². The van der Waals surface area contributed by atoms with Crippen LogP contribution < -0.4 is 0 Å². The zero-order valence-corrected chi connectivity index (χ0v) is 7.40. The van der Waals surface area contributed by atoms with Crippen LogP contribution in [0.2, 0.25) is 0 Å². The van der Waals surface area contributed by atoms with Gasteiger partial charge in [-0.2, -0.15) is 0 Å². The average molecular weight is 219 g/mol. The highest BCUT2D eigenvalue weighted by molar-refractivity contribution is 6.69. The second-order valence-corrected chi connectivity index (χ2v) is 2.67. The van der Waals surface area contributed by atoms with Gasteiger partial charge >= 0.3 is 0 Å². The predicted molar refractivity (Wildman–Crippen MR) is 47.2 cm³/mol. The lowest BCUT2D eigenvalue weighted by molar-refractivity contribution is -0.385. The van der Waals surface area contributed by atoms with Crippen molar-refractivity contribution in [1.82, 2.24) is 0 Å². The van der Waals surface area contributed by atoms with Crippen LogP contribution in [0.25, 0.3) is 0 Å². The molecule has 1 N–H and O–H groups in total. The van der Waals surface area contributed by atoms with Gasteiger partial charge in [0, 0.05) is 0 Å². The Labute approximate surface area is 82.6 Å². The van der Waals surface area contributed by atoms with E-state index in [1.807, 2.05) is 0 Å². The first-order valence-electron chi connectivity index (χ1n) is 3.38. The monoisotopic (exact) mass is 218 g/mol. The van der Waals surface area contributed by atoms with Crippen molar-refractivity contribution >= 4 is 22.5 Å². The summed E-state index contributed by atoms with van der Waals surface area (Å²) in [6, 6.07) is 2.74. The molecular formula is C7H4ClFN2O3. The Bertz CT molecular complexity index is 408. The van der Waals surface area contributed by atoms with Gasteiger partial charge in [0.05, 0.1) is 16.6 Å². The largest absolute Gasteiger partial charge is 0.410 e. The molecule has 74 valence electrons. The van der Waals surface area contributed by atoms with Crippen molar-refractivity contribution in [3.05, 3.63) is 39.7 Å². The number of hydrogen-bond donors (Lipinski definition) is 1. The standard InChI is InChI=1S/C7H4ClFN2O3/c8-7(10-12)5-2-1-4(9)3-6(5)11(13)14/h1-3,12H. The fourth-order valence-corrected chi connectivity index (χ4v) is 1.04. The normalized spacial score (nSPS) is 11.4. The van der Waals surface area contributed by atoms with Gasteiger partial charge in [0.15, 0.2) is 5.17 Å². The van der Waals surface area contributed by atoms with Crippen molar-refractivity contribution < 1.29 is 14.5 Å². The van der Waals surface area contributed by atoms with E-state index in [4.69, 9.17) is 16.8 Å². The van der Waals surface area contributed by atoms with E-state index in [2.05, 4.69) is 5.16 Å². The number of halogens is 2. The van der Waals surface area contributed by atoms with E-state index in [0.717, 1.165) is 12.1 Å². The second-order valence-electron chi connectivity index (χ2n) is 2.31. The molecule has 0 saturated heterocycles. The number of benzene rings is 1. The molecule has 0 aromatic heterocycles. The van der Waals surface area contributed by atoms with Gasteiger partial charge in [-0.3, -0.25) is 10.1 Å². The Kier molecular flexibility index (Phi) is 2.98. The lowest BCUT2D eigenvalue weighted by Crippen LogP contribution is -1.99. The molecule has 0 radical (unpaired) electrons. The molecule has 0 saturated carbocycles. The third-order valence-corrected chi connectivity index (χ3v) is 1.75. The lowest BCUT2D eigenvalue weighted by Gasteiger charge is -1.98. The quantitative estimate of drug-likeness (QED) is 0.357. The smallest absolute Gasteiger partial charge is 0.282 e. The molecule has 1 aromatic rings. The van der Waals surface area contributed by atoms with Crippen LogP contribution in [-0.2, 0) is 0 Å². The molecule has 0 aliphatic heterocycles. The summed E-state index contributed by atoms with van der Waals surface area (Å²) in [4.78, 5) is 9.62. The average Bonchev–Trinajstić information content (AvgIpc) is 2.16. The van der Waals surface area contributed by atoms with Crippen LogP contribution in [-0.4, -0.2) is 15.3 Å². The molecule has 0 spiro atoms. The summed E-state index contributed by atoms with van der Waals surface area (Å²) < 4.78 is 12.6. The summed E-state index contributed by atoms with van der Waals surface area (Å²) in [6.07, 6.45) is 0. The minimum absolute atomic E-state index is 0.138. The molecule has 7 heteroatoms. The highest BCUT2D eigenvalue weighted by atomic mass is 35.5. The van der Waals surface area contributed by atoms with Gasteiger partial charge in [0.2, 0.25) is 0 Å². The molecule has 1 aromatic carbocycles. The molecule has 0 aliphatic rings. The number of hydrogen-bond acceptors (Lipinski definition) is 4. The first-order chi connectivity index (χ1) is 6.56. The summed E-state index contributed by atoms with van der Waals surface area (Å²) in [5, 5.41) is 20.9. The number of nitrogens with zero attached hydrogens (tertiary/aromatic N) is 2. The van der Waals surface area contributed by atoms with Crippen LogP contribution in [0.15, 0.2) is 23.4 Å². The molecule has 1 rings (SSSR count). The molecule has 5 nitrogen and oxygen atoms in total. The molecule has 0 heterocycles. The maximum Gasteiger partial charge on any atom is 0.282 e. The van der Waals surface area contributed by atoms with Crippen molar-refractivity contribution in [2.75, 3.05) is 0 Å². The zero-order chi connectivity index (χ0) is 10.7. The molecule has 0 aliphatic carbocycles. The Morgan fingerprint density at radius 2 is 2.29 bits per heavy atom. The summed E-state index contributed by atoms with van der Waals surface area (Å²) in [5.41, 5.74) is -0.687. The molecule has 0 unspecified atom stereocenters. The molecular weight excluding hydrogens is 215 g/mol. The minimum Gasteiger partial charge on any atom is -0.410 e. The third-order valence-electron chi connectivity index (χ3n) is 1.47. The van der Waals surface area contributed by atoms with Gasteiger partial charge in [-0.25, -0.2) is 4.39 Å². The minimum atomic E-state index is -0.814. The summed E-state index contributed by atoms with van der Waals surface area (Å²) in [7, 11) is 0. The topological polar surface area (TPSA) is 75.7 Å². The van der Waals surface area contributed by atoms with E-state index in [9.17, 15) is 14.5 Å². The van der Waals surface area contributed by atoms with E-state index in [1.54, 1.807) is 0 Å². The second kappa shape index (κ2) is 4.01. The van der Waals surface area contributed by atoms with E-state index < -0.39 is 21.6 Å². The summed E-state index contributed by atoms with van der Waals surface area (Å²) in [5.74, 6) is -0.761. The lowest BCUT2D eigenvalue weighted by atomic mass is 10.2. The highest BCUT2D eigenvalue weighted by Crippen LogP contribution is 2.21. The van der Waals surface area contributed by atoms with Crippen LogP contribution in [0.5, 0.6) is 0 Å². The van der Waals surface area contributed by atoms with Crippen molar-refractivity contribution in [3.63, 3.8) is 0 Å². The molecule has 0 amide bonds. The number of rotatable bonds is 2. The highest BCUT2D eigenvalue weighted by Gasteiger charge is 2.18. The van der Waals surface area contributed by atoms with Gasteiger partial charge in [0.1, 0.15) is 5.82 Å². The van der Waals surface area contributed by atoms with Gasteiger partial charge in [0.25, 0.3) is 5.69 Å².